The number of ether oxygens (including phenoxy) is 1. The Hall–Kier alpha value is -2.69. The minimum Gasteiger partial charge on any atom is -0.425 e. The molecule has 0 bridgehead atoms. The standard InChI is InChI=1S/C17H16FNO3/c1-2-12-6-5-7-13(10-12)22-16(20)11-19-17(21)14-8-3-4-9-15(14)18/h3-10H,2,11H2,1H3,(H,19,21). The fourth-order valence-electron chi connectivity index (χ4n) is 1.89. The molecule has 0 aromatic heterocycles. The Bertz CT molecular complexity index is 685. The zero-order chi connectivity index (χ0) is 15.9. The molecule has 0 spiro atoms. The predicted octanol–water partition coefficient (Wildman–Crippen LogP) is 2.72. The van der Waals surface area contributed by atoms with Gasteiger partial charge in [0.25, 0.3) is 5.91 Å². The molecule has 0 aliphatic heterocycles. The number of benzene rings is 2. The maximum atomic E-state index is 13.4. The Morgan fingerprint density at radius 1 is 1.14 bits per heavy atom. The molecule has 2 aromatic carbocycles. The van der Waals surface area contributed by atoms with E-state index >= 15 is 0 Å². The Balaban J connectivity index is 1.90. The van der Waals surface area contributed by atoms with E-state index in [0.717, 1.165) is 12.0 Å². The van der Waals surface area contributed by atoms with Crippen molar-refractivity contribution in [2.24, 2.45) is 0 Å². The maximum Gasteiger partial charge on any atom is 0.330 e. The second-order valence-corrected chi connectivity index (χ2v) is 4.64. The lowest BCUT2D eigenvalue weighted by atomic mass is 10.2. The molecule has 2 aromatic rings. The number of amides is 1. The van der Waals surface area contributed by atoms with Crippen LogP contribution >= 0.6 is 0 Å². The summed E-state index contributed by atoms with van der Waals surface area (Å²) >= 11 is 0. The smallest absolute Gasteiger partial charge is 0.330 e. The number of carbonyl (C=O) groups is 2. The average molecular weight is 301 g/mol. The summed E-state index contributed by atoms with van der Waals surface area (Å²) in [4.78, 5) is 23.5. The highest BCUT2D eigenvalue weighted by Crippen LogP contribution is 2.13. The van der Waals surface area contributed by atoms with E-state index in [2.05, 4.69) is 5.32 Å². The molecule has 0 atom stereocenters. The Morgan fingerprint density at radius 2 is 1.91 bits per heavy atom. The van der Waals surface area contributed by atoms with Crippen molar-refractivity contribution in [3.05, 3.63) is 65.5 Å². The molecule has 0 unspecified atom stereocenters. The number of esters is 1. The summed E-state index contributed by atoms with van der Waals surface area (Å²) in [5, 5.41) is 2.33. The topological polar surface area (TPSA) is 55.4 Å². The lowest BCUT2D eigenvalue weighted by Crippen LogP contribution is -2.32. The average Bonchev–Trinajstić information content (AvgIpc) is 2.53. The minimum atomic E-state index is -0.655. The normalized spacial score (nSPS) is 10.1. The molecule has 0 radical (unpaired) electrons. The van der Waals surface area contributed by atoms with E-state index in [4.69, 9.17) is 4.74 Å². The third-order valence-electron chi connectivity index (χ3n) is 3.05. The molecule has 0 saturated heterocycles. The first-order valence-corrected chi connectivity index (χ1v) is 6.92. The van der Waals surface area contributed by atoms with Gasteiger partial charge < -0.3 is 10.1 Å². The van der Waals surface area contributed by atoms with E-state index in [0.29, 0.717) is 5.75 Å². The molecule has 4 nitrogen and oxygen atoms in total. The Kier molecular flexibility index (Phi) is 5.25. The van der Waals surface area contributed by atoms with Crippen molar-refractivity contribution in [2.45, 2.75) is 13.3 Å². The first-order chi connectivity index (χ1) is 10.6. The number of hydrogen-bond acceptors (Lipinski definition) is 3. The van der Waals surface area contributed by atoms with E-state index in [1.165, 1.54) is 18.2 Å². The van der Waals surface area contributed by atoms with E-state index in [-0.39, 0.29) is 12.1 Å². The summed E-state index contributed by atoms with van der Waals surface area (Å²) in [6.07, 6.45) is 0.829. The van der Waals surface area contributed by atoms with Gasteiger partial charge in [-0.05, 0) is 36.2 Å². The van der Waals surface area contributed by atoms with Crippen LogP contribution < -0.4 is 10.1 Å². The van der Waals surface area contributed by atoms with Gasteiger partial charge >= 0.3 is 5.97 Å². The van der Waals surface area contributed by atoms with E-state index in [1.807, 2.05) is 13.0 Å². The van der Waals surface area contributed by atoms with Crippen molar-refractivity contribution in [3.63, 3.8) is 0 Å². The van der Waals surface area contributed by atoms with E-state index in [9.17, 15) is 14.0 Å². The number of rotatable bonds is 5. The fourth-order valence-corrected chi connectivity index (χ4v) is 1.89. The molecule has 1 N–H and O–H groups in total. The van der Waals surface area contributed by atoms with Crippen molar-refractivity contribution in [1.29, 1.82) is 0 Å². The monoisotopic (exact) mass is 301 g/mol. The fraction of sp³-hybridized carbons (Fsp3) is 0.176. The lowest BCUT2D eigenvalue weighted by Gasteiger charge is -2.07. The summed E-state index contributed by atoms with van der Waals surface area (Å²) in [7, 11) is 0. The van der Waals surface area contributed by atoms with Gasteiger partial charge in [0.15, 0.2) is 0 Å². The van der Waals surface area contributed by atoms with Crippen molar-refractivity contribution < 1.29 is 18.7 Å². The first-order valence-electron chi connectivity index (χ1n) is 6.92. The van der Waals surface area contributed by atoms with Gasteiger partial charge in [-0.25, -0.2) is 9.18 Å². The van der Waals surface area contributed by atoms with Crippen LogP contribution in [0.5, 0.6) is 5.75 Å². The highest BCUT2D eigenvalue weighted by molar-refractivity contribution is 5.96. The number of halogens is 1. The van der Waals surface area contributed by atoms with Crippen LogP contribution in [0.2, 0.25) is 0 Å². The van der Waals surface area contributed by atoms with Crippen molar-refractivity contribution >= 4 is 11.9 Å². The van der Waals surface area contributed by atoms with Crippen LogP contribution in [0.3, 0.4) is 0 Å². The van der Waals surface area contributed by atoms with Gasteiger partial charge in [0.05, 0.1) is 5.56 Å². The van der Waals surface area contributed by atoms with Gasteiger partial charge in [-0.15, -0.1) is 0 Å². The zero-order valence-corrected chi connectivity index (χ0v) is 12.1. The Labute approximate surface area is 127 Å². The third kappa shape index (κ3) is 4.15. The molecule has 0 heterocycles. The molecule has 2 rings (SSSR count). The summed E-state index contributed by atoms with van der Waals surface area (Å²) < 4.78 is 18.5. The summed E-state index contributed by atoms with van der Waals surface area (Å²) in [5.41, 5.74) is 0.934. The van der Waals surface area contributed by atoms with Crippen LogP contribution in [0, 0.1) is 5.82 Å². The molecule has 0 aliphatic rings. The maximum absolute atomic E-state index is 13.4. The number of carbonyl (C=O) groups excluding carboxylic acids is 2. The molecular formula is C17H16FNO3. The molecule has 5 heteroatoms. The molecular weight excluding hydrogens is 285 g/mol. The van der Waals surface area contributed by atoms with Crippen LogP contribution in [0.1, 0.15) is 22.8 Å². The Morgan fingerprint density at radius 3 is 2.64 bits per heavy atom. The van der Waals surface area contributed by atoms with Crippen molar-refractivity contribution in [3.8, 4) is 5.75 Å². The summed E-state index contributed by atoms with van der Waals surface area (Å²) in [5.74, 6) is -1.48. The number of aryl methyl sites for hydroxylation is 1. The third-order valence-corrected chi connectivity index (χ3v) is 3.05. The molecule has 114 valence electrons. The highest BCUT2D eigenvalue weighted by atomic mass is 19.1. The minimum absolute atomic E-state index is 0.108. The van der Waals surface area contributed by atoms with Crippen LogP contribution in [0.25, 0.3) is 0 Å². The van der Waals surface area contributed by atoms with Crippen LogP contribution in [-0.4, -0.2) is 18.4 Å². The van der Waals surface area contributed by atoms with Crippen LogP contribution in [0.15, 0.2) is 48.5 Å². The largest absolute Gasteiger partial charge is 0.425 e. The molecule has 0 aliphatic carbocycles. The second kappa shape index (κ2) is 7.36. The number of nitrogens with one attached hydrogen (secondary N) is 1. The van der Waals surface area contributed by atoms with Crippen LogP contribution in [-0.2, 0) is 11.2 Å². The van der Waals surface area contributed by atoms with Gasteiger partial charge in [0, 0.05) is 0 Å². The SMILES string of the molecule is CCc1cccc(OC(=O)CNC(=O)c2ccccc2F)c1. The summed E-state index contributed by atoms with van der Waals surface area (Å²) in [6, 6.07) is 12.7. The quantitative estimate of drug-likeness (QED) is 0.682. The molecule has 1 amide bonds. The van der Waals surface area contributed by atoms with Crippen LogP contribution in [0.4, 0.5) is 4.39 Å². The summed E-state index contributed by atoms with van der Waals surface area (Å²) in [6.45, 7) is 1.67. The van der Waals surface area contributed by atoms with Gasteiger partial charge in [-0.3, -0.25) is 4.79 Å². The molecule has 0 saturated carbocycles. The van der Waals surface area contributed by atoms with Gasteiger partial charge in [-0.2, -0.15) is 0 Å². The highest BCUT2D eigenvalue weighted by Gasteiger charge is 2.13. The first kappa shape index (κ1) is 15.7. The lowest BCUT2D eigenvalue weighted by molar-refractivity contribution is -0.133. The van der Waals surface area contributed by atoms with E-state index in [1.54, 1.807) is 24.3 Å². The van der Waals surface area contributed by atoms with Crippen molar-refractivity contribution in [2.75, 3.05) is 6.54 Å². The molecule has 22 heavy (non-hydrogen) atoms. The molecule has 0 fully saturated rings. The second-order valence-electron chi connectivity index (χ2n) is 4.64. The zero-order valence-electron chi connectivity index (χ0n) is 12.1. The van der Waals surface area contributed by atoms with Gasteiger partial charge in [-0.1, -0.05) is 31.2 Å². The van der Waals surface area contributed by atoms with Crippen molar-refractivity contribution in [1.82, 2.24) is 5.32 Å². The van der Waals surface area contributed by atoms with Gasteiger partial charge in [0.2, 0.25) is 0 Å². The number of hydrogen-bond donors (Lipinski definition) is 1. The van der Waals surface area contributed by atoms with Gasteiger partial charge in [0.1, 0.15) is 18.1 Å². The predicted molar refractivity (Wildman–Crippen MR) is 80.2 cm³/mol. The van der Waals surface area contributed by atoms with E-state index < -0.39 is 17.7 Å².